The molecule has 3 aromatic rings. The molecule has 2 aliphatic rings. The first-order chi connectivity index (χ1) is 16.4. The highest BCUT2D eigenvalue weighted by molar-refractivity contribution is 6.38. The number of aryl methyl sites for hydroxylation is 1. The number of rotatable bonds is 6. The van der Waals surface area contributed by atoms with Crippen molar-refractivity contribution in [2.75, 3.05) is 30.4 Å². The van der Waals surface area contributed by atoms with Crippen molar-refractivity contribution in [3.63, 3.8) is 0 Å². The van der Waals surface area contributed by atoms with Crippen LogP contribution in [0.25, 0.3) is 11.3 Å². The Kier molecular flexibility index (Phi) is 5.67. The number of nitrogens with zero attached hydrogens (tertiary/aromatic N) is 4. The Morgan fingerprint density at radius 2 is 1.79 bits per heavy atom. The normalized spacial score (nSPS) is 17.2. The van der Waals surface area contributed by atoms with Gasteiger partial charge in [0.05, 0.1) is 28.7 Å². The monoisotopic (exact) mass is 457 g/mol. The van der Waals surface area contributed by atoms with Gasteiger partial charge in [-0.15, -0.1) is 0 Å². The predicted molar refractivity (Wildman–Crippen MR) is 131 cm³/mol. The number of carbonyl (C=O) groups is 2. The number of carbonyl (C=O) groups excluding carboxylic acids is 1. The minimum absolute atomic E-state index is 0.135. The number of likely N-dealkylation sites (N-methyl/N-ethyl adjacent to an activating group) is 1. The lowest BCUT2D eigenvalue weighted by atomic mass is 9.99. The molecule has 1 amide bonds. The quantitative estimate of drug-likeness (QED) is 0.549. The summed E-state index contributed by atoms with van der Waals surface area (Å²) in [5.41, 5.74) is 5.25. The maximum absolute atomic E-state index is 13.4. The van der Waals surface area contributed by atoms with Crippen molar-refractivity contribution in [3.05, 3.63) is 77.1 Å². The van der Waals surface area contributed by atoms with Gasteiger partial charge in [0, 0.05) is 43.7 Å². The predicted octanol–water partition coefficient (Wildman–Crippen LogP) is 3.67. The van der Waals surface area contributed by atoms with Crippen LogP contribution in [0, 0.1) is 0 Å². The summed E-state index contributed by atoms with van der Waals surface area (Å²) in [7, 11) is 3.51. The molecule has 0 atom stereocenters. The zero-order chi connectivity index (χ0) is 23.8. The van der Waals surface area contributed by atoms with Gasteiger partial charge in [0.1, 0.15) is 0 Å². The Balaban J connectivity index is 1.55. The van der Waals surface area contributed by atoms with E-state index in [1.165, 1.54) is 24.5 Å². The van der Waals surface area contributed by atoms with E-state index in [0.29, 0.717) is 22.5 Å². The van der Waals surface area contributed by atoms with E-state index in [4.69, 9.17) is 0 Å². The van der Waals surface area contributed by atoms with Gasteiger partial charge in [0.25, 0.3) is 5.91 Å². The number of nitrogens with one attached hydrogen (secondary N) is 1. The first-order valence-corrected chi connectivity index (χ1v) is 11.4. The van der Waals surface area contributed by atoms with Crippen LogP contribution in [0.3, 0.4) is 0 Å². The number of likely N-dealkylation sites (tertiary alicyclic amines) is 1. The van der Waals surface area contributed by atoms with E-state index in [2.05, 4.69) is 27.4 Å². The Morgan fingerprint density at radius 1 is 1.06 bits per heavy atom. The van der Waals surface area contributed by atoms with Crippen molar-refractivity contribution in [1.82, 2.24) is 14.7 Å². The summed E-state index contributed by atoms with van der Waals surface area (Å²) in [6.07, 6.45) is 6.05. The Labute approximate surface area is 198 Å². The van der Waals surface area contributed by atoms with E-state index in [1.54, 1.807) is 35.0 Å². The molecule has 0 saturated carbocycles. The van der Waals surface area contributed by atoms with Gasteiger partial charge in [-0.05, 0) is 61.8 Å². The van der Waals surface area contributed by atoms with Crippen LogP contribution in [-0.4, -0.2) is 51.8 Å². The summed E-state index contributed by atoms with van der Waals surface area (Å²) in [6, 6.07) is 13.0. The van der Waals surface area contributed by atoms with Gasteiger partial charge < -0.3 is 15.3 Å². The molecule has 2 N–H and O–H groups in total. The van der Waals surface area contributed by atoms with Gasteiger partial charge >= 0.3 is 5.97 Å². The van der Waals surface area contributed by atoms with Crippen molar-refractivity contribution < 1.29 is 14.7 Å². The maximum atomic E-state index is 13.4. The molecule has 0 unspecified atom stereocenters. The second kappa shape index (κ2) is 8.79. The lowest BCUT2D eigenvalue weighted by Crippen LogP contribution is -2.21. The molecular formula is C26H27N5O3. The maximum Gasteiger partial charge on any atom is 0.335 e. The molecule has 0 spiro atoms. The number of carboxylic acid groups (broad SMARTS) is 1. The molecule has 5 rings (SSSR count). The summed E-state index contributed by atoms with van der Waals surface area (Å²) in [4.78, 5) is 29.0. The van der Waals surface area contributed by atoms with Crippen molar-refractivity contribution in [3.8, 4) is 0 Å². The molecule has 0 bridgehead atoms. The average molecular weight is 458 g/mol. The van der Waals surface area contributed by atoms with E-state index in [0.717, 1.165) is 30.9 Å². The molecule has 174 valence electrons. The summed E-state index contributed by atoms with van der Waals surface area (Å²) in [5.74, 6) is -1.23. The van der Waals surface area contributed by atoms with Crippen LogP contribution in [0.15, 0.2) is 54.9 Å². The van der Waals surface area contributed by atoms with Gasteiger partial charge in [0.2, 0.25) is 0 Å². The van der Waals surface area contributed by atoms with Gasteiger partial charge in [-0.3, -0.25) is 14.4 Å². The molecule has 8 heteroatoms. The Bertz CT molecular complexity index is 1290. The van der Waals surface area contributed by atoms with E-state index in [9.17, 15) is 14.7 Å². The van der Waals surface area contributed by atoms with Crippen molar-refractivity contribution >= 4 is 34.5 Å². The van der Waals surface area contributed by atoms with Gasteiger partial charge in [-0.25, -0.2) is 4.79 Å². The SMILES string of the molecule is CN1C(=O)C(=C(Nc2ccc(CN3CCCC3)cc2)c2cnn(C)c2)c2cc(C(=O)O)ccc21. The van der Waals surface area contributed by atoms with E-state index in [1.807, 2.05) is 25.4 Å². The molecule has 2 aromatic carbocycles. The summed E-state index contributed by atoms with van der Waals surface area (Å²) in [6.45, 7) is 3.22. The highest BCUT2D eigenvalue weighted by Crippen LogP contribution is 2.41. The van der Waals surface area contributed by atoms with Crippen LogP contribution in [0.1, 0.15) is 39.9 Å². The standard InChI is InChI=1S/C26H27N5O3/c1-29-16-19(14-27-29)24(28-20-8-5-17(6-9-20)15-31-11-3-4-12-31)23-21-13-18(26(33)34)7-10-22(21)30(2)25(23)32/h5-10,13-14,16,28H,3-4,11-12,15H2,1-2H3,(H,33,34). The number of carboxylic acids is 1. The Hall–Kier alpha value is -3.91. The smallest absolute Gasteiger partial charge is 0.335 e. The summed E-state index contributed by atoms with van der Waals surface area (Å²) >= 11 is 0. The first-order valence-electron chi connectivity index (χ1n) is 11.4. The third kappa shape index (κ3) is 4.08. The summed E-state index contributed by atoms with van der Waals surface area (Å²) in [5, 5.41) is 17.2. The molecule has 0 radical (unpaired) electrons. The topological polar surface area (TPSA) is 90.7 Å². The zero-order valence-electron chi connectivity index (χ0n) is 19.3. The second-order valence-electron chi connectivity index (χ2n) is 8.86. The lowest BCUT2D eigenvalue weighted by Gasteiger charge is -2.16. The van der Waals surface area contributed by atoms with Gasteiger partial charge in [0.15, 0.2) is 0 Å². The number of benzene rings is 2. The molecule has 1 aromatic heterocycles. The van der Waals surface area contributed by atoms with Crippen LogP contribution in [0.4, 0.5) is 11.4 Å². The van der Waals surface area contributed by atoms with Crippen molar-refractivity contribution in [2.45, 2.75) is 19.4 Å². The number of fused-ring (bicyclic) bond motifs is 1. The minimum atomic E-state index is -1.03. The molecule has 1 saturated heterocycles. The van der Waals surface area contributed by atoms with Crippen LogP contribution >= 0.6 is 0 Å². The largest absolute Gasteiger partial charge is 0.478 e. The van der Waals surface area contributed by atoms with Gasteiger partial charge in [-0.2, -0.15) is 5.10 Å². The second-order valence-corrected chi connectivity index (χ2v) is 8.86. The molecule has 1 fully saturated rings. The molecule has 8 nitrogen and oxygen atoms in total. The van der Waals surface area contributed by atoms with Crippen molar-refractivity contribution in [2.24, 2.45) is 7.05 Å². The highest BCUT2D eigenvalue weighted by Gasteiger charge is 2.34. The van der Waals surface area contributed by atoms with Crippen LogP contribution in [-0.2, 0) is 18.4 Å². The van der Waals surface area contributed by atoms with Crippen LogP contribution in [0.5, 0.6) is 0 Å². The third-order valence-electron chi connectivity index (χ3n) is 6.46. The molecular weight excluding hydrogens is 430 g/mol. The number of anilines is 2. The van der Waals surface area contributed by atoms with E-state index >= 15 is 0 Å². The van der Waals surface area contributed by atoms with E-state index < -0.39 is 5.97 Å². The summed E-state index contributed by atoms with van der Waals surface area (Å²) < 4.78 is 1.68. The van der Waals surface area contributed by atoms with Gasteiger partial charge in [-0.1, -0.05) is 12.1 Å². The number of aromatic nitrogens is 2. The van der Waals surface area contributed by atoms with Crippen LogP contribution < -0.4 is 10.2 Å². The molecule has 3 heterocycles. The molecule has 0 aliphatic carbocycles. The highest BCUT2D eigenvalue weighted by atomic mass is 16.4. The third-order valence-corrected chi connectivity index (χ3v) is 6.46. The number of amides is 1. The average Bonchev–Trinajstić information content (AvgIpc) is 3.55. The number of hydrogen-bond acceptors (Lipinski definition) is 5. The lowest BCUT2D eigenvalue weighted by molar-refractivity contribution is -0.112. The fourth-order valence-corrected chi connectivity index (χ4v) is 4.66. The van der Waals surface area contributed by atoms with E-state index in [-0.39, 0.29) is 11.5 Å². The molecule has 34 heavy (non-hydrogen) atoms. The first kappa shape index (κ1) is 21.9. The Morgan fingerprint density at radius 3 is 2.44 bits per heavy atom. The minimum Gasteiger partial charge on any atom is -0.478 e. The number of aromatic carboxylic acids is 1. The fraction of sp³-hybridized carbons (Fsp3) is 0.269. The van der Waals surface area contributed by atoms with Crippen LogP contribution in [0.2, 0.25) is 0 Å². The zero-order valence-corrected chi connectivity index (χ0v) is 19.3. The fourth-order valence-electron chi connectivity index (χ4n) is 4.66. The number of hydrogen-bond donors (Lipinski definition) is 2. The molecule has 2 aliphatic heterocycles. The van der Waals surface area contributed by atoms with Crippen molar-refractivity contribution in [1.29, 1.82) is 0 Å².